The molecule has 7 nitrogen and oxygen atoms in total. The zero-order chi connectivity index (χ0) is 24.0. The monoisotopic (exact) mass is 467 g/mol. The second kappa shape index (κ2) is 10.8. The fraction of sp³-hybridized carbons (Fsp3) is 0.240. The van der Waals surface area contributed by atoms with Crippen molar-refractivity contribution in [3.05, 3.63) is 82.1 Å². The summed E-state index contributed by atoms with van der Waals surface area (Å²) in [4.78, 5) is 37.5. The van der Waals surface area contributed by atoms with Gasteiger partial charge in [-0.15, -0.1) is 17.9 Å². The smallest absolute Gasteiger partial charge is 0.341 e. The Kier molecular flexibility index (Phi) is 7.84. The van der Waals surface area contributed by atoms with Gasteiger partial charge >= 0.3 is 5.97 Å². The molecule has 0 fully saturated rings. The first-order valence-corrected chi connectivity index (χ1v) is 11.2. The number of nitrogens with one attached hydrogen (secondary N) is 1. The number of ketones is 1. The van der Waals surface area contributed by atoms with Crippen molar-refractivity contribution in [2.75, 3.05) is 11.9 Å². The molecule has 0 saturated carbocycles. The summed E-state index contributed by atoms with van der Waals surface area (Å²) in [5.41, 5.74) is 1.65. The highest BCUT2D eigenvalue weighted by molar-refractivity contribution is 7.18. The van der Waals surface area contributed by atoms with E-state index in [9.17, 15) is 14.4 Å². The van der Waals surface area contributed by atoms with Gasteiger partial charge in [0, 0.05) is 0 Å². The van der Waals surface area contributed by atoms with Crippen LogP contribution < -0.4 is 10.1 Å². The molecule has 0 saturated heterocycles. The van der Waals surface area contributed by atoms with Crippen LogP contribution in [0.2, 0.25) is 0 Å². The Morgan fingerprint density at radius 2 is 1.94 bits per heavy atom. The zero-order valence-electron chi connectivity index (χ0n) is 18.7. The fourth-order valence-corrected chi connectivity index (χ4v) is 4.33. The lowest BCUT2D eigenvalue weighted by molar-refractivity contribution is 0.0527. The highest BCUT2D eigenvalue weighted by Gasteiger charge is 2.26. The Hall–Kier alpha value is -3.65. The molecule has 2 heterocycles. The van der Waals surface area contributed by atoms with Crippen molar-refractivity contribution in [2.24, 2.45) is 0 Å². The van der Waals surface area contributed by atoms with E-state index in [1.54, 1.807) is 26.0 Å². The van der Waals surface area contributed by atoms with Crippen LogP contribution in [0.1, 0.15) is 61.3 Å². The maximum absolute atomic E-state index is 12.8. The minimum atomic E-state index is -0.597. The molecule has 33 heavy (non-hydrogen) atoms. The van der Waals surface area contributed by atoms with E-state index < -0.39 is 11.9 Å². The maximum atomic E-state index is 12.8. The highest BCUT2D eigenvalue weighted by atomic mass is 32.1. The number of carbonyl (C=O) groups excluding carboxylic acids is 3. The molecule has 1 amide bonds. The Balaban J connectivity index is 1.75. The molecule has 0 aliphatic heterocycles. The molecule has 0 radical (unpaired) electrons. The number of furan rings is 1. The van der Waals surface area contributed by atoms with E-state index >= 15 is 0 Å². The molecule has 0 aliphatic rings. The number of anilines is 1. The number of esters is 1. The SMILES string of the molecule is C=CCc1ccccc1OCc1ccc(C(=O)Nc2sc(C(C)=O)c(C)c2C(=O)OCC)o1. The van der Waals surface area contributed by atoms with Gasteiger partial charge in [-0.1, -0.05) is 24.3 Å². The normalized spacial score (nSPS) is 10.5. The lowest BCUT2D eigenvalue weighted by Gasteiger charge is -2.09. The molecule has 1 aromatic carbocycles. The minimum absolute atomic E-state index is 0.0539. The molecule has 3 rings (SSSR count). The number of para-hydroxylation sites is 1. The molecule has 0 unspecified atom stereocenters. The van der Waals surface area contributed by atoms with Gasteiger partial charge in [-0.3, -0.25) is 9.59 Å². The van der Waals surface area contributed by atoms with Crippen LogP contribution in [0.3, 0.4) is 0 Å². The van der Waals surface area contributed by atoms with Crippen LogP contribution >= 0.6 is 11.3 Å². The largest absolute Gasteiger partial charge is 0.485 e. The van der Waals surface area contributed by atoms with Crippen molar-refractivity contribution in [1.82, 2.24) is 0 Å². The number of rotatable bonds is 10. The summed E-state index contributed by atoms with van der Waals surface area (Å²) in [5.74, 6) is -0.109. The van der Waals surface area contributed by atoms with Crippen molar-refractivity contribution < 1.29 is 28.3 Å². The Morgan fingerprint density at radius 1 is 1.18 bits per heavy atom. The summed E-state index contributed by atoms with van der Waals surface area (Å²) in [5, 5.41) is 2.92. The zero-order valence-corrected chi connectivity index (χ0v) is 19.5. The molecule has 172 valence electrons. The molecule has 0 bridgehead atoms. The van der Waals surface area contributed by atoms with Crippen LogP contribution in [0.5, 0.6) is 5.75 Å². The van der Waals surface area contributed by atoms with Gasteiger partial charge in [-0.2, -0.15) is 0 Å². The van der Waals surface area contributed by atoms with Crippen LogP contribution in [0, 0.1) is 6.92 Å². The first-order valence-electron chi connectivity index (χ1n) is 10.4. The molecule has 0 spiro atoms. The molecule has 1 N–H and O–H groups in total. The van der Waals surface area contributed by atoms with Crippen LogP contribution in [-0.4, -0.2) is 24.3 Å². The number of carbonyl (C=O) groups is 3. The molecular formula is C25H25NO6S. The molecule has 0 atom stereocenters. The van der Waals surface area contributed by atoms with E-state index in [0.29, 0.717) is 28.4 Å². The lowest BCUT2D eigenvalue weighted by Crippen LogP contribution is -2.14. The van der Waals surface area contributed by atoms with Gasteiger partial charge in [0.25, 0.3) is 5.91 Å². The number of amides is 1. The maximum Gasteiger partial charge on any atom is 0.341 e. The first kappa shape index (κ1) is 24.0. The van der Waals surface area contributed by atoms with Gasteiger partial charge in [0.2, 0.25) is 0 Å². The Morgan fingerprint density at radius 3 is 2.64 bits per heavy atom. The number of benzene rings is 1. The number of hydrogen-bond acceptors (Lipinski definition) is 7. The number of Topliss-reactive ketones (excluding diaryl/α,β-unsaturated/α-hetero) is 1. The van der Waals surface area contributed by atoms with Gasteiger partial charge < -0.3 is 19.2 Å². The van der Waals surface area contributed by atoms with Gasteiger partial charge in [-0.05, 0) is 56.5 Å². The summed E-state index contributed by atoms with van der Waals surface area (Å²) in [6.07, 6.45) is 2.47. The molecular weight excluding hydrogens is 442 g/mol. The van der Waals surface area contributed by atoms with Gasteiger partial charge in [0.15, 0.2) is 11.5 Å². The average molecular weight is 468 g/mol. The van der Waals surface area contributed by atoms with Crippen molar-refractivity contribution in [3.8, 4) is 5.75 Å². The Bertz CT molecular complexity index is 1190. The van der Waals surface area contributed by atoms with Gasteiger partial charge in [-0.25, -0.2) is 4.79 Å². The summed E-state index contributed by atoms with van der Waals surface area (Å²) in [7, 11) is 0. The summed E-state index contributed by atoms with van der Waals surface area (Å²) < 4.78 is 16.6. The van der Waals surface area contributed by atoms with Crippen molar-refractivity contribution in [1.29, 1.82) is 0 Å². The quantitative estimate of drug-likeness (QED) is 0.237. The molecule has 2 aromatic heterocycles. The Labute approximate surface area is 196 Å². The van der Waals surface area contributed by atoms with Crippen molar-refractivity contribution in [2.45, 2.75) is 33.8 Å². The summed E-state index contributed by atoms with van der Waals surface area (Å²) in [6, 6.07) is 10.8. The van der Waals surface area contributed by atoms with Gasteiger partial charge in [0.1, 0.15) is 23.1 Å². The van der Waals surface area contributed by atoms with E-state index in [1.807, 2.05) is 24.3 Å². The predicted octanol–water partition coefficient (Wildman–Crippen LogP) is 5.59. The molecule has 0 aliphatic carbocycles. The average Bonchev–Trinajstić information content (AvgIpc) is 3.38. The van der Waals surface area contributed by atoms with E-state index in [2.05, 4.69) is 11.9 Å². The number of allylic oxidation sites excluding steroid dienone is 1. The minimum Gasteiger partial charge on any atom is -0.485 e. The van der Waals surface area contributed by atoms with E-state index in [0.717, 1.165) is 16.9 Å². The predicted molar refractivity (Wildman–Crippen MR) is 126 cm³/mol. The number of ether oxygens (including phenoxy) is 2. The number of thiophene rings is 1. The van der Waals surface area contributed by atoms with Crippen LogP contribution in [0.4, 0.5) is 5.00 Å². The number of hydrogen-bond donors (Lipinski definition) is 1. The third kappa shape index (κ3) is 5.59. The van der Waals surface area contributed by atoms with Crippen LogP contribution in [-0.2, 0) is 17.8 Å². The first-order chi connectivity index (χ1) is 15.8. The standard InChI is InChI=1S/C25H25NO6S/c1-5-9-17-10-7-8-11-19(17)31-14-18-12-13-20(32-18)23(28)26-24-21(25(29)30-6-2)15(3)22(33-24)16(4)27/h5,7-8,10-13H,1,6,9,14H2,2-4H3,(H,26,28). The summed E-state index contributed by atoms with van der Waals surface area (Å²) in [6.45, 7) is 8.82. The van der Waals surface area contributed by atoms with E-state index in [1.165, 1.54) is 13.0 Å². The second-order valence-corrected chi connectivity index (χ2v) is 8.17. The van der Waals surface area contributed by atoms with Crippen molar-refractivity contribution in [3.63, 3.8) is 0 Å². The van der Waals surface area contributed by atoms with Gasteiger partial charge in [0.05, 0.1) is 17.0 Å². The molecule has 3 aromatic rings. The van der Waals surface area contributed by atoms with Crippen molar-refractivity contribution >= 4 is 34.0 Å². The topological polar surface area (TPSA) is 94.8 Å². The van der Waals surface area contributed by atoms with E-state index in [-0.39, 0.29) is 35.3 Å². The third-order valence-corrected chi connectivity index (χ3v) is 6.07. The summed E-state index contributed by atoms with van der Waals surface area (Å²) >= 11 is 1.04. The molecule has 8 heteroatoms. The van der Waals surface area contributed by atoms with Crippen LogP contribution in [0.25, 0.3) is 0 Å². The van der Waals surface area contributed by atoms with Crippen LogP contribution in [0.15, 0.2) is 53.5 Å². The highest BCUT2D eigenvalue weighted by Crippen LogP contribution is 2.34. The lowest BCUT2D eigenvalue weighted by atomic mass is 10.1. The third-order valence-electron chi connectivity index (χ3n) is 4.77. The fourth-order valence-electron chi connectivity index (χ4n) is 3.25. The second-order valence-electron chi connectivity index (χ2n) is 7.15. The van der Waals surface area contributed by atoms with E-state index in [4.69, 9.17) is 13.9 Å².